The van der Waals surface area contributed by atoms with Crippen molar-refractivity contribution in [1.29, 1.82) is 0 Å². The van der Waals surface area contributed by atoms with Gasteiger partial charge in [0.2, 0.25) is 5.89 Å². The fourth-order valence-electron chi connectivity index (χ4n) is 3.28. The van der Waals surface area contributed by atoms with Crippen LogP contribution in [0.2, 0.25) is 0 Å². The van der Waals surface area contributed by atoms with Crippen molar-refractivity contribution in [3.05, 3.63) is 41.5 Å². The van der Waals surface area contributed by atoms with Gasteiger partial charge >= 0.3 is 0 Å². The minimum Gasteiger partial charge on any atom is -0.484 e. The second-order valence-electron chi connectivity index (χ2n) is 6.99. The monoisotopic (exact) mass is 343 g/mol. The fourth-order valence-corrected chi connectivity index (χ4v) is 3.28. The number of hydrogen-bond donors (Lipinski definition) is 1. The Kier molecular flexibility index (Phi) is 5.06. The predicted octanol–water partition coefficient (Wildman–Crippen LogP) is 3.47. The molecule has 0 atom stereocenters. The second kappa shape index (κ2) is 7.25. The number of rotatable bonds is 6. The molecule has 0 spiro atoms. The molecule has 1 aliphatic carbocycles. The first-order chi connectivity index (χ1) is 12.0. The molecule has 1 heterocycles. The molecule has 1 amide bonds. The molecule has 0 unspecified atom stereocenters. The number of ether oxygens (including phenoxy) is 1. The van der Waals surface area contributed by atoms with Gasteiger partial charge in [-0.3, -0.25) is 4.79 Å². The first-order valence-corrected chi connectivity index (χ1v) is 8.83. The van der Waals surface area contributed by atoms with Crippen molar-refractivity contribution < 1.29 is 14.1 Å². The summed E-state index contributed by atoms with van der Waals surface area (Å²) in [6.07, 6.45) is 3.71. The number of benzene rings is 1. The van der Waals surface area contributed by atoms with Crippen molar-refractivity contribution in [2.24, 2.45) is 0 Å². The van der Waals surface area contributed by atoms with Gasteiger partial charge in [0.25, 0.3) is 5.91 Å². The molecule has 0 radical (unpaired) electrons. The zero-order valence-corrected chi connectivity index (χ0v) is 15.0. The van der Waals surface area contributed by atoms with Crippen LogP contribution >= 0.6 is 0 Å². The van der Waals surface area contributed by atoms with Gasteiger partial charge in [-0.25, -0.2) is 0 Å². The Hall–Kier alpha value is -2.37. The average molecular weight is 343 g/mol. The lowest BCUT2D eigenvalue weighted by atomic mass is 9.96. The van der Waals surface area contributed by atoms with Crippen LogP contribution < -0.4 is 10.1 Å². The van der Waals surface area contributed by atoms with E-state index in [1.54, 1.807) is 6.92 Å². The van der Waals surface area contributed by atoms with Gasteiger partial charge in [-0.15, -0.1) is 0 Å². The molecule has 0 aliphatic heterocycles. The van der Waals surface area contributed by atoms with E-state index in [0.717, 1.165) is 25.7 Å². The molecule has 3 rings (SSSR count). The van der Waals surface area contributed by atoms with Gasteiger partial charge in [-0.2, -0.15) is 4.98 Å². The van der Waals surface area contributed by atoms with Gasteiger partial charge in [0.1, 0.15) is 11.3 Å². The number of aromatic nitrogens is 2. The lowest BCUT2D eigenvalue weighted by molar-refractivity contribution is -0.125. The zero-order valence-electron chi connectivity index (χ0n) is 15.0. The lowest BCUT2D eigenvalue weighted by Gasteiger charge is -2.26. The number of carbonyl (C=O) groups excluding carboxylic acids is 1. The summed E-state index contributed by atoms with van der Waals surface area (Å²) < 4.78 is 10.7. The van der Waals surface area contributed by atoms with Crippen LogP contribution in [0.4, 0.5) is 0 Å². The Balaban J connectivity index is 1.61. The summed E-state index contributed by atoms with van der Waals surface area (Å²) in [6.45, 7) is 6.01. The highest BCUT2D eigenvalue weighted by molar-refractivity contribution is 5.78. The molecule has 1 fully saturated rings. The zero-order chi connectivity index (χ0) is 17.9. The third kappa shape index (κ3) is 4.00. The van der Waals surface area contributed by atoms with E-state index in [4.69, 9.17) is 9.26 Å². The normalized spacial score (nSPS) is 16.2. The Bertz CT molecular complexity index is 716. The van der Waals surface area contributed by atoms with Crippen LogP contribution in [-0.4, -0.2) is 22.7 Å². The number of carbonyl (C=O) groups is 1. The number of nitrogens with one attached hydrogen (secondary N) is 1. The summed E-state index contributed by atoms with van der Waals surface area (Å²) in [5.74, 6) is 2.07. The largest absolute Gasteiger partial charge is 0.484 e. The maximum absolute atomic E-state index is 12.4. The summed E-state index contributed by atoms with van der Waals surface area (Å²) >= 11 is 0. The van der Waals surface area contributed by atoms with Crippen molar-refractivity contribution >= 4 is 5.91 Å². The Morgan fingerprint density at radius 3 is 2.52 bits per heavy atom. The molecule has 6 nitrogen and oxygen atoms in total. The standard InChI is InChI=1S/C19H25N3O3/c1-13(2)15-6-8-16(9-7-15)24-12-17(23)21-19(10-4-5-11-19)18-20-14(3)25-22-18/h6-9,13H,4-5,10-12H2,1-3H3,(H,21,23). The number of nitrogens with zero attached hydrogens (tertiary/aromatic N) is 2. The van der Waals surface area contributed by atoms with Crippen LogP contribution in [0, 0.1) is 6.92 Å². The summed E-state index contributed by atoms with van der Waals surface area (Å²) in [4.78, 5) is 16.7. The van der Waals surface area contributed by atoms with Crippen molar-refractivity contribution in [3.8, 4) is 5.75 Å². The topological polar surface area (TPSA) is 77.2 Å². The minimum atomic E-state index is -0.528. The van der Waals surface area contributed by atoms with Gasteiger partial charge in [0, 0.05) is 6.92 Å². The quantitative estimate of drug-likeness (QED) is 0.869. The van der Waals surface area contributed by atoms with Gasteiger partial charge < -0.3 is 14.6 Å². The van der Waals surface area contributed by atoms with Crippen molar-refractivity contribution in [2.45, 2.75) is 57.9 Å². The Morgan fingerprint density at radius 1 is 1.28 bits per heavy atom. The molecular weight excluding hydrogens is 318 g/mol. The van der Waals surface area contributed by atoms with Crippen molar-refractivity contribution in [3.63, 3.8) is 0 Å². The second-order valence-corrected chi connectivity index (χ2v) is 6.99. The molecule has 2 aromatic rings. The van der Waals surface area contributed by atoms with Gasteiger partial charge in [0.05, 0.1) is 0 Å². The van der Waals surface area contributed by atoms with E-state index >= 15 is 0 Å². The molecule has 134 valence electrons. The molecule has 1 aliphatic rings. The maximum Gasteiger partial charge on any atom is 0.258 e. The van der Waals surface area contributed by atoms with Crippen LogP contribution in [-0.2, 0) is 10.3 Å². The summed E-state index contributed by atoms with van der Waals surface area (Å²) in [5, 5.41) is 7.10. The van der Waals surface area contributed by atoms with Gasteiger partial charge in [-0.05, 0) is 36.5 Å². The van der Waals surface area contributed by atoms with Crippen LogP contribution in [0.25, 0.3) is 0 Å². The molecule has 0 bridgehead atoms. The molecule has 25 heavy (non-hydrogen) atoms. The van der Waals surface area contributed by atoms with Gasteiger partial charge in [0.15, 0.2) is 12.4 Å². The maximum atomic E-state index is 12.4. The highest BCUT2D eigenvalue weighted by Gasteiger charge is 2.41. The van der Waals surface area contributed by atoms with E-state index in [1.165, 1.54) is 5.56 Å². The van der Waals surface area contributed by atoms with E-state index in [2.05, 4.69) is 29.3 Å². The van der Waals surface area contributed by atoms with E-state index in [-0.39, 0.29) is 12.5 Å². The van der Waals surface area contributed by atoms with Gasteiger partial charge in [-0.1, -0.05) is 44.0 Å². The van der Waals surface area contributed by atoms with Crippen LogP contribution in [0.3, 0.4) is 0 Å². The third-order valence-electron chi connectivity index (χ3n) is 4.71. The third-order valence-corrected chi connectivity index (χ3v) is 4.71. The van der Waals surface area contributed by atoms with Crippen molar-refractivity contribution in [2.75, 3.05) is 6.61 Å². The Morgan fingerprint density at radius 2 is 1.96 bits per heavy atom. The number of amides is 1. The minimum absolute atomic E-state index is 0.0282. The number of aryl methyl sites for hydroxylation is 1. The first kappa shape index (κ1) is 17.5. The molecule has 6 heteroatoms. The SMILES string of the molecule is Cc1nc(C2(NC(=O)COc3ccc(C(C)C)cc3)CCCC2)no1. The van der Waals surface area contributed by atoms with E-state index < -0.39 is 5.54 Å². The predicted molar refractivity (Wildman–Crippen MR) is 93.3 cm³/mol. The Labute approximate surface area is 148 Å². The molecule has 0 saturated heterocycles. The van der Waals surface area contributed by atoms with Crippen molar-refractivity contribution in [1.82, 2.24) is 15.5 Å². The van der Waals surface area contributed by atoms with E-state index in [1.807, 2.05) is 24.3 Å². The lowest BCUT2D eigenvalue weighted by Crippen LogP contribution is -2.46. The van der Waals surface area contributed by atoms with E-state index in [0.29, 0.717) is 23.4 Å². The summed E-state index contributed by atoms with van der Waals surface area (Å²) in [5.41, 5.74) is 0.717. The van der Waals surface area contributed by atoms with Crippen LogP contribution in [0.15, 0.2) is 28.8 Å². The van der Waals surface area contributed by atoms with Crippen LogP contribution in [0.5, 0.6) is 5.75 Å². The average Bonchev–Trinajstić information content (AvgIpc) is 3.23. The van der Waals surface area contributed by atoms with E-state index in [9.17, 15) is 4.79 Å². The summed E-state index contributed by atoms with van der Waals surface area (Å²) in [6, 6.07) is 7.85. The molecule has 1 aromatic carbocycles. The number of hydrogen-bond acceptors (Lipinski definition) is 5. The molecule has 1 saturated carbocycles. The highest BCUT2D eigenvalue weighted by atomic mass is 16.5. The molecular formula is C19H25N3O3. The fraction of sp³-hybridized carbons (Fsp3) is 0.526. The summed E-state index contributed by atoms with van der Waals surface area (Å²) in [7, 11) is 0. The molecule has 1 N–H and O–H groups in total. The first-order valence-electron chi connectivity index (χ1n) is 8.83. The highest BCUT2D eigenvalue weighted by Crippen LogP contribution is 2.37. The molecule has 1 aromatic heterocycles. The van der Waals surface area contributed by atoms with Crippen LogP contribution in [0.1, 0.15) is 62.7 Å². The smallest absolute Gasteiger partial charge is 0.258 e.